The number of imidazole rings is 1. The molecule has 1 unspecified atom stereocenters. The molecule has 4 nitrogen and oxygen atoms in total. The van der Waals surface area contributed by atoms with Crippen molar-refractivity contribution < 1.29 is 5.11 Å². The number of H-pyrrole nitrogens is 1. The third kappa shape index (κ3) is 2.23. The number of likely N-dealkylation sites (N-methyl/N-ethyl adjacent to an activating group) is 1. The molecule has 1 aromatic carbocycles. The van der Waals surface area contributed by atoms with Crippen LogP contribution in [0.1, 0.15) is 12.7 Å². The van der Waals surface area contributed by atoms with Crippen LogP contribution in [0.15, 0.2) is 24.3 Å². The molecule has 0 radical (unpaired) electrons. The van der Waals surface area contributed by atoms with E-state index in [1.165, 1.54) is 0 Å². The van der Waals surface area contributed by atoms with E-state index in [-0.39, 0.29) is 12.6 Å². The highest BCUT2D eigenvalue weighted by Gasteiger charge is 2.10. The monoisotopic (exact) mass is 219 g/mol. The van der Waals surface area contributed by atoms with Crippen LogP contribution in [0, 0.1) is 0 Å². The van der Waals surface area contributed by atoms with Crippen LogP contribution >= 0.6 is 0 Å². The molecule has 1 heterocycles. The summed E-state index contributed by atoms with van der Waals surface area (Å²) >= 11 is 0. The topological polar surface area (TPSA) is 52.1 Å². The molecule has 0 aliphatic carbocycles. The minimum absolute atomic E-state index is 0.146. The lowest BCUT2D eigenvalue weighted by atomic mass is 10.3. The zero-order valence-corrected chi connectivity index (χ0v) is 9.64. The fraction of sp³-hybridized carbons (Fsp3) is 0.417. The Morgan fingerprint density at radius 1 is 1.44 bits per heavy atom. The minimum Gasteiger partial charge on any atom is -0.395 e. The lowest BCUT2D eigenvalue weighted by molar-refractivity contribution is 0.152. The Bertz CT molecular complexity index is 433. The maximum Gasteiger partial charge on any atom is 0.121 e. The van der Waals surface area contributed by atoms with Crippen molar-refractivity contribution >= 4 is 11.0 Å². The molecule has 0 amide bonds. The van der Waals surface area contributed by atoms with Gasteiger partial charge in [-0.25, -0.2) is 4.98 Å². The molecule has 1 atom stereocenters. The first-order valence-corrected chi connectivity index (χ1v) is 5.45. The van der Waals surface area contributed by atoms with Crippen molar-refractivity contribution in [1.82, 2.24) is 14.9 Å². The molecule has 1 aromatic heterocycles. The summed E-state index contributed by atoms with van der Waals surface area (Å²) in [7, 11) is 1.98. The Morgan fingerprint density at radius 3 is 2.88 bits per heavy atom. The van der Waals surface area contributed by atoms with Gasteiger partial charge in [0.1, 0.15) is 5.82 Å². The fourth-order valence-corrected chi connectivity index (χ4v) is 1.61. The maximum atomic E-state index is 9.05. The van der Waals surface area contributed by atoms with E-state index in [9.17, 15) is 0 Å². The summed E-state index contributed by atoms with van der Waals surface area (Å²) in [5.74, 6) is 0.934. The van der Waals surface area contributed by atoms with Crippen LogP contribution in [-0.2, 0) is 6.54 Å². The highest BCUT2D eigenvalue weighted by Crippen LogP contribution is 2.11. The van der Waals surface area contributed by atoms with Crippen molar-refractivity contribution in [2.75, 3.05) is 13.7 Å². The number of hydrogen-bond acceptors (Lipinski definition) is 3. The SMILES string of the molecule is CC(CO)N(C)Cc1nc2ccccc2[nH]1. The number of aromatic nitrogens is 2. The average Bonchev–Trinajstić information content (AvgIpc) is 2.69. The summed E-state index contributed by atoms with van der Waals surface area (Å²) in [6, 6.07) is 8.12. The quantitative estimate of drug-likeness (QED) is 0.816. The zero-order chi connectivity index (χ0) is 11.5. The predicted molar refractivity (Wildman–Crippen MR) is 64.1 cm³/mol. The van der Waals surface area contributed by atoms with Crippen molar-refractivity contribution in [3.8, 4) is 0 Å². The highest BCUT2D eigenvalue weighted by molar-refractivity contribution is 5.74. The highest BCUT2D eigenvalue weighted by atomic mass is 16.3. The minimum atomic E-state index is 0.146. The van der Waals surface area contributed by atoms with Crippen LogP contribution in [0.4, 0.5) is 0 Å². The van der Waals surface area contributed by atoms with Crippen molar-refractivity contribution in [2.24, 2.45) is 0 Å². The van der Waals surface area contributed by atoms with Crippen LogP contribution < -0.4 is 0 Å². The van der Waals surface area contributed by atoms with Gasteiger partial charge in [-0.05, 0) is 26.1 Å². The summed E-state index contributed by atoms with van der Waals surface area (Å²) in [6.45, 7) is 2.87. The summed E-state index contributed by atoms with van der Waals surface area (Å²) in [5.41, 5.74) is 2.05. The number of aromatic amines is 1. The molecule has 2 N–H and O–H groups in total. The number of nitrogens with one attached hydrogen (secondary N) is 1. The van der Waals surface area contributed by atoms with Gasteiger partial charge in [0.25, 0.3) is 0 Å². The molecule has 16 heavy (non-hydrogen) atoms. The molecule has 0 aliphatic rings. The van der Waals surface area contributed by atoms with E-state index in [0.29, 0.717) is 0 Å². The molecule has 0 saturated carbocycles. The number of nitrogens with zero attached hydrogens (tertiary/aromatic N) is 2. The number of rotatable bonds is 4. The van der Waals surface area contributed by atoms with Gasteiger partial charge in [0, 0.05) is 6.04 Å². The first kappa shape index (κ1) is 11.1. The molecule has 0 fully saturated rings. The zero-order valence-electron chi connectivity index (χ0n) is 9.64. The largest absolute Gasteiger partial charge is 0.395 e. The van der Waals surface area contributed by atoms with Crippen LogP contribution in [0.5, 0.6) is 0 Å². The van der Waals surface area contributed by atoms with E-state index in [2.05, 4.69) is 14.9 Å². The number of aliphatic hydroxyl groups is 1. The summed E-state index contributed by atoms with van der Waals surface area (Å²) in [5, 5.41) is 9.05. The number of aliphatic hydroxyl groups excluding tert-OH is 1. The van der Waals surface area contributed by atoms with Crippen LogP contribution in [0.3, 0.4) is 0 Å². The van der Waals surface area contributed by atoms with E-state index in [0.717, 1.165) is 23.4 Å². The molecule has 86 valence electrons. The van der Waals surface area contributed by atoms with Crippen molar-refractivity contribution in [1.29, 1.82) is 0 Å². The summed E-state index contributed by atoms with van der Waals surface area (Å²) in [6.07, 6.45) is 0. The Hall–Kier alpha value is -1.39. The molecule has 0 saturated heterocycles. The molecular formula is C12H17N3O. The number of para-hydroxylation sites is 2. The van der Waals surface area contributed by atoms with E-state index < -0.39 is 0 Å². The normalized spacial score (nSPS) is 13.5. The van der Waals surface area contributed by atoms with Crippen molar-refractivity contribution in [3.63, 3.8) is 0 Å². The third-order valence-corrected chi connectivity index (χ3v) is 2.85. The van der Waals surface area contributed by atoms with E-state index in [4.69, 9.17) is 5.11 Å². The number of hydrogen-bond donors (Lipinski definition) is 2. The molecule has 0 aliphatic heterocycles. The Kier molecular flexibility index (Phi) is 3.22. The second-order valence-electron chi connectivity index (χ2n) is 4.15. The van der Waals surface area contributed by atoms with Crippen LogP contribution in [0.25, 0.3) is 11.0 Å². The maximum absolute atomic E-state index is 9.05. The molecule has 4 heteroatoms. The van der Waals surface area contributed by atoms with Crippen molar-refractivity contribution in [3.05, 3.63) is 30.1 Å². The van der Waals surface area contributed by atoms with Gasteiger partial charge in [-0.15, -0.1) is 0 Å². The summed E-state index contributed by atoms with van der Waals surface area (Å²) < 4.78 is 0. The summed E-state index contributed by atoms with van der Waals surface area (Å²) in [4.78, 5) is 9.83. The van der Waals surface area contributed by atoms with E-state index >= 15 is 0 Å². The van der Waals surface area contributed by atoms with E-state index in [1.807, 2.05) is 38.2 Å². The van der Waals surface area contributed by atoms with Gasteiger partial charge in [0.05, 0.1) is 24.2 Å². The fourth-order valence-electron chi connectivity index (χ4n) is 1.61. The second-order valence-corrected chi connectivity index (χ2v) is 4.15. The van der Waals surface area contributed by atoms with E-state index in [1.54, 1.807) is 0 Å². The molecule has 2 rings (SSSR count). The molecule has 2 aromatic rings. The molecule has 0 spiro atoms. The molecule has 0 bridgehead atoms. The lowest BCUT2D eigenvalue weighted by Gasteiger charge is -2.21. The Balaban J connectivity index is 2.15. The molecular weight excluding hydrogens is 202 g/mol. The smallest absolute Gasteiger partial charge is 0.121 e. The lowest BCUT2D eigenvalue weighted by Crippen LogP contribution is -2.31. The first-order valence-electron chi connectivity index (χ1n) is 5.45. The van der Waals surface area contributed by atoms with Gasteiger partial charge >= 0.3 is 0 Å². The van der Waals surface area contributed by atoms with Gasteiger partial charge in [-0.3, -0.25) is 4.90 Å². The Labute approximate surface area is 94.9 Å². The number of fused-ring (bicyclic) bond motifs is 1. The van der Waals surface area contributed by atoms with Crippen LogP contribution in [-0.4, -0.2) is 39.7 Å². The number of benzene rings is 1. The van der Waals surface area contributed by atoms with Gasteiger partial charge < -0.3 is 10.1 Å². The third-order valence-electron chi connectivity index (χ3n) is 2.85. The second kappa shape index (κ2) is 4.63. The standard InChI is InChI=1S/C12H17N3O/c1-9(8-16)15(2)7-12-13-10-5-3-4-6-11(10)14-12/h3-6,9,16H,7-8H2,1-2H3,(H,13,14). The van der Waals surface area contributed by atoms with Gasteiger partial charge in [0.15, 0.2) is 0 Å². The Morgan fingerprint density at radius 2 is 2.19 bits per heavy atom. The predicted octanol–water partition coefficient (Wildman–Crippen LogP) is 1.38. The van der Waals surface area contributed by atoms with Gasteiger partial charge in [0.2, 0.25) is 0 Å². The average molecular weight is 219 g/mol. The first-order chi connectivity index (χ1) is 7.70. The van der Waals surface area contributed by atoms with Gasteiger partial charge in [-0.1, -0.05) is 12.1 Å². The van der Waals surface area contributed by atoms with Crippen molar-refractivity contribution in [2.45, 2.75) is 19.5 Å². The van der Waals surface area contributed by atoms with Gasteiger partial charge in [-0.2, -0.15) is 0 Å². The van der Waals surface area contributed by atoms with Crippen LogP contribution in [0.2, 0.25) is 0 Å².